The minimum Gasteiger partial charge on any atom is -0.489 e. The highest BCUT2D eigenvalue weighted by molar-refractivity contribution is 8.03. The lowest BCUT2D eigenvalue weighted by Crippen LogP contribution is -2.31. The van der Waals surface area contributed by atoms with Gasteiger partial charge in [-0.2, -0.15) is 5.26 Å². The average molecular weight is 518 g/mol. The number of hydrogen-bond donors (Lipinski definition) is 2. The number of hydrogen-bond acceptors (Lipinski definition) is 5. The maximum absolute atomic E-state index is 12.5. The molecule has 0 aromatic heterocycles. The van der Waals surface area contributed by atoms with Gasteiger partial charge >= 0.3 is 0 Å². The average Bonchev–Trinajstić information content (AvgIpc) is 2.89. The summed E-state index contributed by atoms with van der Waals surface area (Å²) >= 11 is 7.26. The predicted molar refractivity (Wildman–Crippen MR) is 143 cm³/mol. The van der Waals surface area contributed by atoms with Crippen molar-refractivity contribution >= 4 is 40.9 Å². The van der Waals surface area contributed by atoms with Crippen molar-refractivity contribution in [1.82, 2.24) is 5.32 Å². The molecular weight excluding hydrogens is 494 g/mol. The van der Waals surface area contributed by atoms with Crippen LogP contribution in [0, 0.1) is 18.3 Å². The Labute approximate surface area is 219 Å². The van der Waals surface area contributed by atoms with Gasteiger partial charge in [0.2, 0.25) is 11.8 Å². The Bertz CT molecular complexity index is 1330. The molecular formula is C28H24ClN3O3S. The Kier molecular flexibility index (Phi) is 8.32. The second-order valence-corrected chi connectivity index (χ2v) is 9.64. The number of allylic oxidation sites excluding steroid dienone is 1. The van der Waals surface area contributed by atoms with Gasteiger partial charge < -0.3 is 15.4 Å². The molecule has 3 aromatic carbocycles. The van der Waals surface area contributed by atoms with Crippen LogP contribution in [0.3, 0.4) is 0 Å². The fourth-order valence-electron chi connectivity index (χ4n) is 3.82. The van der Waals surface area contributed by atoms with Gasteiger partial charge in [0.15, 0.2) is 0 Å². The molecule has 2 amide bonds. The second kappa shape index (κ2) is 11.8. The zero-order valence-corrected chi connectivity index (χ0v) is 21.2. The van der Waals surface area contributed by atoms with Gasteiger partial charge in [-0.25, -0.2) is 0 Å². The quantitative estimate of drug-likeness (QED) is 0.386. The van der Waals surface area contributed by atoms with Crippen LogP contribution in [-0.2, 0) is 16.2 Å². The summed E-state index contributed by atoms with van der Waals surface area (Å²) in [5, 5.41) is 16.5. The van der Waals surface area contributed by atoms with Crippen LogP contribution in [0.4, 0.5) is 5.69 Å². The highest BCUT2D eigenvalue weighted by Crippen LogP contribution is 2.36. The van der Waals surface area contributed by atoms with Gasteiger partial charge in [0.1, 0.15) is 12.4 Å². The Balaban J connectivity index is 1.43. The van der Waals surface area contributed by atoms with Gasteiger partial charge in [-0.3, -0.25) is 9.59 Å². The largest absolute Gasteiger partial charge is 0.489 e. The third-order valence-corrected chi connectivity index (χ3v) is 7.20. The van der Waals surface area contributed by atoms with Crippen molar-refractivity contribution in [3.8, 4) is 11.8 Å². The summed E-state index contributed by atoms with van der Waals surface area (Å²) in [5.74, 6) is -0.116. The van der Waals surface area contributed by atoms with E-state index in [1.165, 1.54) is 0 Å². The Hall–Kier alpha value is -3.73. The van der Waals surface area contributed by atoms with E-state index in [1.54, 1.807) is 18.2 Å². The number of carbonyl (C=O) groups is 2. The monoisotopic (exact) mass is 517 g/mol. The molecule has 2 N–H and O–H groups in total. The minimum absolute atomic E-state index is 0.0335. The molecule has 8 heteroatoms. The number of thioether (sulfide) groups is 1. The summed E-state index contributed by atoms with van der Waals surface area (Å²) in [7, 11) is 0. The molecule has 0 aliphatic carbocycles. The van der Waals surface area contributed by atoms with E-state index in [1.807, 2.05) is 61.5 Å². The highest BCUT2D eigenvalue weighted by atomic mass is 35.5. The van der Waals surface area contributed by atoms with E-state index < -0.39 is 5.92 Å². The van der Waals surface area contributed by atoms with Gasteiger partial charge in [0, 0.05) is 23.0 Å². The normalized spacial score (nSPS) is 15.1. The smallest absolute Gasteiger partial charge is 0.234 e. The van der Waals surface area contributed by atoms with Crippen molar-refractivity contribution in [3.05, 3.63) is 105 Å². The number of anilines is 1. The van der Waals surface area contributed by atoms with Gasteiger partial charge in [-0.15, -0.1) is 0 Å². The third kappa shape index (κ3) is 6.28. The Morgan fingerprint density at radius 3 is 2.61 bits per heavy atom. The van der Waals surface area contributed by atoms with Crippen molar-refractivity contribution in [2.24, 2.45) is 0 Å². The first kappa shape index (κ1) is 25.4. The topological polar surface area (TPSA) is 91.2 Å². The molecule has 3 aromatic rings. The standard InChI is InChI=1S/C28H24ClN3O3S/c1-18-24(29)8-5-9-25(18)31-27(34)17-36-28-23(15-30)22(14-26(33)32-28)20-10-12-21(13-11-20)35-16-19-6-3-2-4-7-19/h2-13,22H,14,16-17H2,1H3,(H,31,34)(H,32,33)/t22-/m1/s1. The van der Waals surface area contributed by atoms with Crippen LogP contribution >= 0.6 is 23.4 Å². The molecule has 182 valence electrons. The molecule has 0 spiro atoms. The lowest BCUT2D eigenvalue weighted by molar-refractivity contribution is -0.121. The first-order valence-corrected chi connectivity index (χ1v) is 12.7. The van der Waals surface area contributed by atoms with Gasteiger partial charge in [0.25, 0.3) is 0 Å². The van der Waals surface area contributed by atoms with Crippen molar-refractivity contribution in [1.29, 1.82) is 5.26 Å². The SMILES string of the molecule is Cc1c(Cl)cccc1NC(=O)CSC1=C(C#N)[C@@H](c2ccc(OCc3ccccc3)cc2)CC(=O)N1. The first-order valence-electron chi connectivity index (χ1n) is 11.3. The van der Waals surface area contributed by atoms with Gasteiger partial charge in [-0.1, -0.05) is 71.9 Å². The van der Waals surface area contributed by atoms with Crippen LogP contribution in [0.5, 0.6) is 5.75 Å². The predicted octanol–water partition coefficient (Wildman–Crippen LogP) is 5.94. The number of halogens is 1. The maximum atomic E-state index is 12.5. The molecule has 1 aliphatic heterocycles. The molecule has 0 radical (unpaired) electrons. The summed E-state index contributed by atoms with van der Waals surface area (Å²) in [5.41, 5.74) is 3.74. The molecule has 6 nitrogen and oxygen atoms in total. The first-order chi connectivity index (χ1) is 17.4. The number of nitrogens with one attached hydrogen (secondary N) is 2. The molecule has 1 aliphatic rings. The van der Waals surface area contributed by atoms with Crippen LogP contribution in [0.15, 0.2) is 83.4 Å². The van der Waals surface area contributed by atoms with Crippen LogP contribution in [0.25, 0.3) is 0 Å². The van der Waals surface area contributed by atoms with Crippen molar-refractivity contribution in [2.45, 2.75) is 25.9 Å². The molecule has 0 saturated carbocycles. The van der Waals surface area contributed by atoms with Crippen molar-refractivity contribution < 1.29 is 14.3 Å². The number of amides is 2. The number of carbonyl (C=O) groups excluding carboxylic acids is 2. The molecule has 1 heterocycles. The van der Waals surface area contributed by atoms with E-state index in [9.17, 15) is 14.9 Å². The zero-order chi connectivity index (χ0) is 25.5. The minimum atomic E-state index is -0.396. The van der Waals surface area contributed by atoms with Crippen LogP contribution < -0.4 is 15.4 Å². The molecule has 0 saturated heterocycles. The van der Waals surface area contributed by atoms with Crippen LogP contribution in [0.2, 0.25) is 5.02 Å². The van der Waals surface area contributed by atoms with Gasteiger partial charge in [-0.05, 0) is 47.9 Å². The number of benzene rings is 3. The highest BCUT2D eigenvalue weighted by Gasteiger charge is 2.30. The van der Waals surface area contributed by atoms with Crippen molar-refractivity contribution in [2.75, 3.05) is 11.1 Å². The third-order valence-electron chi connectivity index (χ3n) is 5.78. The van der Waals surface area contributed by atoms with E-state index >= 15 is 0 Å². The molecule has 0 unspecified atom stereocenters. The summed E-state index contributed by atoms with van der Waals surface area (Å²) in [6, 6.07) is 24.8. The lowest BCUT2D eigenvalue weighted by atomic mass is 9.87. The zero-order valence-electron chi connectivity index (χ0n) is 19.6. The number of rotatable bonds is 8. The summed E-state index contributed by atoms with van der Waals surface area (Å²) in [6.45, 7) is 2.28. The molecule has 36 heavy (non-hydrogen) atoms. The molecule has 1 atom stereocenters. The Morgan fingerprint density at radius 2 is 1.89 bits per heavy atom. The fraction of sp³-hybridized carbons (Fsp3) is 0.179. The summed E-state index contributed by atoms with van der Waals surface area (Å²) in [4.78, 5) is 25.0. The molecule has 0 bridgehead atoms. The molecule has 4 rings (SSSR count). The van der Waals surface area contributed by atoms with E-state index in [2.05, 4.69) is 16.7 Å². The summed E-state index contributed by atoms with van der Waals surface area (Å²) in [6.07, 6.45) is 0.158. The van der Waals surface area contributed by atoms with Crippen LogP contribution in [-0.4, -0.2) is 17.6 Å². The van der Waals surface area contributed by atoms with E-state index in [0.29, 0.717) is 33.7 Å². The van der Waals surface area contributed by atoms with E-state index in [-0.39, 0.29) is 24.0 Å². The lowest BCUT2D eigenvalue weighted by Gasteiger charge is -2.25. The second-order valence-electron chi connectivity index (χ2n) is 8.25. The van der Waals surface area contributed by atoms with E-state index in [0.717, 1.165) is 28.5 Å². The maximum Gasteiger partial charge on any atom is 0.234 e. The van der Waals surface area contributed by atoms with Crippen LogP contribution in [0.1, 0.15) is 29.0 Å². The number of ether oxygens (including phenoxy) is 1. The van der Waals surface area contributed by atoms with Crippen molar-refractivity contribution in [3.63, 3.8) is 0 Å². The number of nitriles is 1. The number of nitrogens with zero attached hydrogens (tertiary/aromatic N) is 1. The summed E-state index contributed by atoms with van der Waals surface area (Å²) < 4.78 is 5.85. The fourth-order valence-corrected chi connectivity index (χ4v) is 4.87. The molecule has 0 fully saturated rings. The van der Waals surface area contributed by atoms with Gasteiger partial charge in [0.05, 0.1) is 22.4 Å². The Morgan fingerprint density at radius 1 is 1.14 bits per heavy atom. The van der Waals surface area contributed by atoms with E-state index in [4.69, 9.17) is 16.3 Å².